The van der Waals surface area contributed by atoms with Crippen molar-refractivity contribution in [2.24, 2.45) is 22.5 Å². The van der Waals surface area contributed by atoms with Gasteiger partial charge < -0.3 is 43.8 Å². The highest BCUT2D eigenvalue weighted by Crippen LogP contribution is 2.04. The van der Waals surface area contributed by atoms with Crippen molar-refractivity contribution in [3.05, 3.63) is 40.8 Å². The average molecular weight is 666 g/mol. The zero-order valence-electron chi connectivity index (χ0n) is 27.2. The Morgan fingerprint density at radius 3 is 1.72 bits per heavy atom. The molecule has 0 saturated carbocycles. The third kappa shape index (κ3) is 17.9. The standard InChI is InChI=1S/C15H22N4O3.C14H25N5O6/c1-9(13(17)20)18-14(21)10(2)19-15(22)12(16)8-11-6-4-3-5-7-11;1-8(16-10(3)20)12(21)17-9(2)13(22)18-11(6-4-5-7-15)14(23)25-19-24/h3-7,9-10,12H,8,16H2,1-2H3,(H2,17,20)(H,18,21)(H,19,22);8-9,11H,4-7,15H2,1-3H3,(H,16,20)(H,17,21)(H,18,22)/t9-,10-,12-;8-,9-,11-/m00/s1. The van der Waals surface area contributed by atoms with Crippen molar-refractivity contribution in [1.29, 1.82) is 0 Å². The number of rotatable bonds is 18. The second-order valence-corrected chi connectivity index (χ2v) is 10.6. The molecule has 0 bridgehead atoms. The van der Waals surface area contributed by atoms with Crippen molar-refractivity contribution in [3.63, 3.8) is 0 Å². The van der Waals surface area contributed by atoms with Crippen LogP contribution >= 0.6 is 0 Å². The van der Waals surface area contributed by atoms with Crippen LogP contribution in [0.3, 0.4) is 0 Å². The number of primary amides is 1. The number of hydrogen-bond donors (Lipinski definition) is 8. The first-order valence-electron chi connectivity index (χ1n) is 14.8. The van der Waals surface area contributed by atoms with Gasteiger partial charge in [0.25, 0.3) is 0 Å². The van der Waals surface area contributed by atoms with Crippen LogP contribution < -0.4 is 43.8 Å². The third-order valence-corrected chi connectivity index (χ3v) is 6.41. The van der Waals surface area contributed by atoms with Gasteiger partial charge in [0.05, 0.1) is 6.04 Å². The number of nitrogens with two attached hydrogens (primary N) is 3. The molecule has 0 radical (unpaired) electrons. The molecule has 6 atom stereocenters. The third-order valence-electron chi connectivity index (χ3n) is 6.41. The minimum atomic E-state index is -1.08. The zero-order valence-corrected chi connectivity index (χ0v) is 27.2. The van der Waals surface area contributed by atoms with Gasteiger partial charge in [-0.3, -0.25) is 33.6 Å². The van der Waals surface area contributed by atoms with Crippen molar-refractivity contribution in [2.75, 3.05) is 6.54 Å². The second kappa shape index (κ2) is 22.5. The van der Waals surface area contributed by atoms with Gasteiger partial charge in [0.1, 0.15) is 30.2 Å². The Morgan fingerprint density at radius 2 is 1.23 bits per heavy atom. The summed E-state index contributed by atoms with van der Waals surface area (Å²) < 4.78 is 0. The summed E-state index contributed by atoms with van der Waals surface area (Å²) >= 11 is 0. The molecule has 0 saturated heterocycles. The highest BCUT2D eigenvalue weighted by atomic mass is 16.7. The average Bonchev–Trinajstić information content (AvgIpc) is 3.00. The lowest BCUT2D eigenvalue weighted by Crippen LogP contribution is -2.54. The summed E-state index contributed by atoms with van der Waals surface area (Å²) in [5.41, 5.74) is 17.2. The number of carbonyl (C=O) groups excluding carboxylic acids is 7. The Hall–Kier alpha value is -4.97. The summed E-state index contributed by atoms with van der Waals surface area (Å²) in [6.45, 7) is 7.53. The van der Waals surface area contributed by atoms with E-state index in [0.717, 1.165) is 5.56 Å². The molecule has 0 aliphatic heterocycles. The molecule has 0 aromatic heterocycles. The molecule has 262 valence electrons. The van der Waals surface area contributed by atoms with Crippen LogP contribution in [0.2, 0.25) is 0 Å². The lowest BCUT2D eigenvalue weighted by atomic mass is 10.1. The molecule has 1 rings (SSSR count). The van der Waals surface area contributed by atoms with Gasteiger partial charge in [0, 0.05) is 6.92 Å². The van der Waals surface area contributed by atoms with Gasteiger partial charge in [0.2, 0.25) is 35.4 Å². The van der Waals surface area contributed by atoms with Crippen molar-refractivity contribution in [3.8, 4) is 0 Å². The Morgan fingerprint density at radius 1 is 0.745 bits per heavy atom. The molecule has 0 fully saturated rings. The number of carbonyl (C=O) groups is 7. The number of unbranched alkanes of at least 4 members (excludes halogenated alkanes) is 1. The highest BCUT2D eigenvalue weighted by molar-refractivity contribution is 5.93. The highest BCUT2D eigenvalue weighted by Gasteiger charge is 2.27. The Balaban J connectivity index is 0.000000907. The van der Waals surface area contributed by atoms with Crippen LogP contribution in [0, 0.1) is 4.91 Å². The fourth-order valence-electron chi connectivity index (χ4n) is 3.67. The van der Waals surface area contributed by atoms with Crippen molar-refractivity contribution < 1.29 is 38.4 Å². The lowest BCUT2D eigenvalue weighted by Gasteiger charge is -2.20. The minimum Gasteiger partial charge on any atom is -0.368 e. The van der Waals surface area contributed by atoms with Gasteiger partial charge in [-0.25, -0.2) is 4.79 Å². The lowest BCUT2D eigenvalue weighted by molar-refractivity contribution is -0.148. The quantitative estimate of drug-likeness (QED) is 0.0477. The maximum atomic E-state index is 12.1. The Bertz CT molecular complexity index is 1220. The molecular weight excluding hydrogens is 618 g/mol. The molecule has 6 amide bonds. The van der Waals surface area contributed by atoms with Crippen LogP contribution in [-0.2, 0) is 44.8 Å². The van der Waals surface area contributed by atoms with Crippen LogP contribution in [-0.4, -0.2) is 84.2 Å². The fraction of sp³-hybridized carbons (Fsp3) is 0.552. The summed E-state index contributed by atoms with van der Waals surface area (Å²) in [4.78, 5) is 95.3. The molecule has 0 heterocycles. The molecule has 0 aliphatic rings. The molecule has 1 aromatic carbocycles. The van der Waals surface area contributed by atoms with E-state index in [9.17, 15) is 38.5 Å². The van der Waals surface area contributed by atoms with Gasteiger partial charge >= 0.3 is 5.97 Å². The minimum absolute atomic E-state index is 0.209. The van der Waals surface area contributed by atoms with Gasteiger partial charge in [-0.05, 0) is 65.5 Å². The maximum absolute atomic E-state index is 12.1. The summed E-state index contributed by atoms with van der Waals surface area (Å²) in [5.74, 6) is -4.16. The molecule has 11 N–H and O–H groups in total. The Kier molecular flexibility index (Phi) is 20.1. The topological polar surface area (TPSA) is 296 Å². The largest absolute Gasteiger partial charge is 0.368 e. The van der Waals surface area contributed by atoms with Crippen LogP contribution in [0.1, 0.15) is 59.4 Å². The number of amides is 6. The first kappa shape index (κ1) is 42.0. The maximum Gasteiger partial charge on any atom is 0.360 e. The van der Waals surface area contributed by atoms with Crippen LogP contribution in [0.4, 0.5) is 0 Å². The fourth-order valence-corrected chi connectivity index (χ4v) is 3.67. The molecular formula is C29H47N9O9. The SMILES string of the molecule is CC(=O)N[C@@H](C)C(=O)N[C@@H](C)C(=O)N[C@@H](CCCCN)C(=O)ON=O.C[C@H](NC(=O)[C@H](C)NC(=O)[C@@H](N)Cc1ccccc1)C(N)=O. The molecule has 18 nitrogen and oxygen atoms in total. The van der Waals surface area contributed by atoms with E-state index < -0.39 is 71.8 Å². The molecule has 47 heavy (non-hydrogen) atoms. The molecule has 18 heteroatoms. The normalized spacial score (nSPS) is 14.1. The zero-order chi connectivity index (χ0) is 36.1. The first-order valence-corrected chi connectivity index (χ1v) is 14.8. The van der Waals surface area contributed by atoms with E-state index in [0.29, 0.717) is 25.8 Å². The van der Waals surface area contributed by atoms with Crippen LogP contribution in [0.5, 0.6) is 0 Å². The van der Waals surface area contributed by atoms with Crippen molar-refractivity contribution in [2.45, 2.75) is 96.6 Å². The van der Waals surface area contributed by atoms with E-state index in [-0.39, 0.29) is 12.3 Å². The van der Waals surface area contributed by atoms with Crippen molar-refractivity contribution >= 4 is 41.4 Å². The predicted octanol–water partition coefficient (Wildman–Crippen LogP) is -2.09. The molecule has 0 spiro atoms. The van der Waals surface area contributed by atoms with E-state index in [1.165, 1.54) is 34.6 Å². The van der Waals surface area contributed by atoms with Crippen LogP contribution in [0.25, 0.3) is 0 Å². The summed E-state index contributed by atoms with van der Waals surface area (Å²) in [7, 11) is 0. The molecule has 0 unspecified atom stereocenters. The van der Waals surface area contributed by atoms with Crippen molar-refractivity contribution in [1.82, 2.24) is 26.6 Å². The monoisotopic (exact) mass is 665 g/mol. The van der Waals surface area contributed by atoms with E-state index in [2.05, 4.69) is 36.8 Å². The number of nitrogens with zero attached hydrogens (tertiary/aromatic N) is 1. The van der Waals surface area contributed by atoms with Gasteiger partial charge in [-0.1, -0.05) is 30.3 Å². The Labute approximate surface area is 272 Å². The van der Waals surface area contributed by atoms with E-state index in [1.54, 1.807) is 0 Å². The van der Waals surface area contributed by atoms with E-state index in [4.69, 9.17) is 17.2 Å². The number of benzene rings is 1. The van der Waals surface area contributed by atoms with Gasteiger partial charge in [-0.15, -0.1) is 4.91 Å². The first-order chi connectivity index (χ1) is 22.0. The molecule has 1 aromatic rings. The van der Waals surface area contributed by atoms with E-state index in [1.807, 2.05) is 30.3 Å². The second-order valence-electron chi connectivity index (χ2n) is 10.6. The van der Waals surface area contributed by atoms with Crippen LogP contribution in [0.15, 0.2) is 35.7 Å². The summed E-state index contributed by atoms with van der Waals surface area (Å²) in [6.07, 6.45) is 1.73. The number of nitrogens with one attached hydrogen (secondary N) is 5. The molecule has 0 aliphatic carbocycles. The summed E-state index contributed by atoms with van der Waals surface area (Å²) in [5, 5.41) is 14.1. The predicted molar refractivity (Wildman–Crippen MR) is 170 cm³/mol. The number of hydrogen-bond acceptors (Lipinski definition) is 12. The van der Waals surface area contributed by atoms with Gasteiger partial charge in [0.15, 0.2) is 5.34 Å². The summed E-state index contributed by atoms with van der Waals surface area (Å²) in [6, 6.07) is 4.10. The van der Waals surface area contributed by atoms with E-state index >= 15 is 0 Å². The smallest absolute Gasteiger partial charge is 0.360 e. The van der Waals surface area contributed by atoms with Gasteiger partial charge in [-0.2, -0.15) is 0 Å².